The minimum absolute atomic E-state index is 0.222. The molecule has 0 aliphatic rings. The van der Waals surface area contributed by atoms with Gasteiger partial charge < -0.3 is 14.8 Å². The second kappa shape index (κ2) is 13.9. The monoisotopic (exact) mass is 761 g/mol. The molecule has 0 bridgehead atoms. The van der Waals surface area contributed by atoms with Gasteiger partial charge >= 0.3 is 5.97 Å². The van der Waals surface area contributed by atoms with Crippen molar-refractivity contribution in [1.82, 2.24) is 5.43 Å². The normalized spacial score (nSPS) is 10.8. The number of esters is 1. The van der Waals surface area contributed by atoms with Crippen LogP contribution in [-0.4, -0.2) is 31.1 Å². The highest BCUT2D eigenvalue weighted by atomic mass is 79.9. The molecule has 0 aliphatic carbocycles. The molecule has 0 aromatic heterocycles. The lowest BCUT2D eigenvalue weighted by Gasteiger charge is -2.11. The molecule has 4 rings (SSSR count). The number of nitrogens with zero attached hydrogens (tertiary/aromatic N) is 1. The molecule has 4 aromatic carbocycles. The molecule has 0 saturated heterocycles. The maximum atomic E-state index is 12.8. The molecule has 0 unspecified atom stereocenters. The van der Waals surface area contributed by atoms with Crippen LogP contribution in [0.5, 0.6) is 11.5 Å². The highest BCUT2D eigenvalue weighted by molar-refractivity contribution is 9.11. The lowest BCUT2D eigenvalue weighted by atomic mass is 10.1. The van der Waals surface area contributed by atoms with Gasteiger partial charge in [0.2, 0.25) is 0 Å². The van der Waals surface area contributed by atoms with Crippen LogP contribution in [0.4, 0.5) is 5.69 Å². The summed E-state index contributed by atoms with van der Waals surface area (Å²) in [6.45, 7) is 0. The molecule has 2 amide bonds. The van der Waals surface area contributed by atoms with Crippen LogP contribution in [0.15, 0.2) is 97.4 Å². The van der Waals surface area contributed by atoms with Gasteiger partial charge in [0.15, 0.2) is 5.75 Å². The first-order valence-corrected chi connectivity index (χ1v) is 14.5. The molecule has 4 aromatic rings. The summed E-state index contributed by atoms with van der Waals surface area (Å²) < 4.78 is 12.9. The summed E-state index contributed by atoms with van der Waals surface area (Å²) in [7, 11) is 1.45. The Bertz CT molecular complexity index is 1660. The number of nitrogens with one attached hydrogen (secondary N) is 2. The zero-order chi connectivity index (χ0) is 29.5. The van der Waals surface area contributed by atoms with Crippen molar-refractivity contribution in [3.05, 3.63) is 120 Å². The topological polar surface area (TPSA) is 106 Å². The van der Waals surface area contributed by atoms with Crippen LogP contribution >= 0.6 is 59.4 Å². The van der Waals surface area contributed by atoms with E-state index >= 15 is 0 Å². The van der Waals surface area contributed by atoms with Gasteiger partial charge in [0.05, 0.1) is 28.9 Å². The molecule has 0 heterocycles. The molecule has 0 fully saturated rings. The second-order valence-electron chi connectivity index (χ2n) is 8.28. The van der Waals surface area contributed by atoms with Gasteiger partial charge in [-0.1, -0.05) is 49.5 Å². The van der Waals surface area contributed by atoms with Crippen LogP contribution in [0.1, 0.15) is 36.6 Å². The summed E-state index contributed by atoms with van der Waals surface area (Å²) in [6, 6.07) is 21.2. The van der Waals surface area contributed by atoms with Crippen molar-refractivity contribution < 1.29 is 23.9 Å². The zero-order valence-corrected chi connectivity index (χ0v) is 26.6. The summed E-state index contributed by atoms with van der Waals surface area (Å²) in [5.74, 6) is -0.963. The second-order valence-corrected chi connectivity index (χ2v) is 11.4. The summed E-state index contributed by atoms with van der Waals surface area (Å²) in [6.07, 6.45) is 1.36. The number of hydrazone groups is 1. The van der Waals surface area contributed by atoms with Gasteiger partial charge in [0.25, 0.3) is 11.8 Å². The van der Waals surface area contributed by atoms with Gasteiger partial charge in [0.1, 0.15) is 5.75 Å². The van der Waals surface area contributed by atoms with Gasteiger partial charge in [-0.15, -0.1) is 0 Å². The Morgan fingerprint density at radius 1 is 0.854 bits per heavy atom. The number of amides is 2. The number of ether oxygens (including phenoxy) is 2. The van der Waals surface area contributed by atoms with Crippen LogP contribution < -0.4 is 20.2 Å². The molecule has 0 spiro atoms. The minimum atomic E-state index is -0.562. The van der Waals surface area contributed by atoms with E-state index in [1.165, 1.54) is 25.5 Å². The number of carbonyl (C=O) groups is 3. The van der Waals surface area contributed by atoms with Crippen LogP contribution in [0.3, 0.4) is 0 Å². The van der Waals surface area contributed by atoms with Gasteiger partial charge in [-0.2, -0.15) is 5.10 Å². The Morgan fingerprint density at radius 2 is 1.61 bits per heavy atom. The summed E-state index contributed by atoms with van der Waals surface area (Å²) in [4.78, 5) is 38.3. The molecule has 8 nitrogen and oxygen atoms in total. The fourth-order valence-electron chi connectivity index (χ4n) is 3.54. The zero-order valence-electron chi connectivity index (χ0n) is 21.1. The molecule has 0 aliphatic heterocycles. The maximum Gasteiger partial charge on any atom is 0.343 e. The molecule has 2 N–H and O–H groups in total. The SMILES string of the molecule is COc1ccc(Cl)cc1C(=O)Nc1cccc(C(=O)NN=Cc2cc(Br)cc(Br)c2OC(=O)c2ccc(Br)cc2)c1. The third kappa shape index (κ3) is 8.04. The Balaban J connectivity index is 1.47. The lowest BCUT2D eigenvalue weighted by Crippen LogP contribution is -2.19. The third-order valence-electron chi connectivity index (χ3n) is 5.47. The Labute approximate surface area is 265 Å². The van der Waals surface area contributed by atoms with E-state index in [4.69, 9.17) is 21.1 Å². The number of rotatable bonds is 8. The number of methoxy groups -OCH3 is 1. The number of hydrogen-bond acceptors (Lipinski definition) is 6. The highest BCUT2D eigenvalue weighted by Crippen LogP contribution is 2.33. The number of hydrogen-bond donors (Lipinski definition) is 2. The van der Waals surface area contributed by atoms with Gasteiger partial charge in [-0.3, -0.25) is 9.59 Å². The first-order chi connectivity index (χ1) is 19.6. The van der Waals surface area contributed by atoms with Crippen LogP contribution in [-0.2, 0) is 0 Å². The molecule has 0 radical (unpaired) electrons. The van der Waals surface area contributed by atoms with E-state index in [-0.39, 0.29) is 16.9 Å². The molecule has 41 heavy (non-hydrogen) atoms. The average Bonchev–Trinajstić information content (AvgIpc) is 2.95. The molecule has 0 atom stereocenters. The van der Waals surface area contributed by atoms with Crippen molar-refractivity contribution in [3.63, 3.8) is 0 Å². The van der Waals surface area contributed by atoms with E-state index in [0.717, 1.165) is 4.47 Å². The van der Waals surface area contributed by atoms with Crippen LogP contribution in [0, 0.1) is 0 Å². The van der Waals surface area contributed by atoms with Crippen molar-refractivity contribution in [2.45, 2.75) is 0 Å². The smallest absolute Gasteiger partial charge is 0.343 e. The fraction of sp³-hybridized carbons (Fsp3) is 0.0345. The van der Waals surface area contributed by atoms with E-state index in [1.807, 2.05) is 0 Å². The Kier molecular flexibility index (Phi) is 10.3. The molecular formula is C29H19Br3ClN3O5. The van der Waals surface area contributed by atoms with Crippen molar-refractivity contribution in [2.24, 2.45) is 5.10 Å². The highest BCUT2D eigenvalue weighted by Gasteiger charge is 2.17. The van der Waals surface area contributed by atoms with E-state index in [1.54, 1.807) is 66.7 Å². The van der Waals surface area contributed by atoms with Crippen molar-refractivity contribution in [3.8, 4) is 11.5 Å². The molecule has 208 valence electrons. The Morgan fingerprint density at radius 3 is 2.34 bits per heavy atom. The maximum absolute atomic E-state index is 12.8. The van der Waals surface area contributed by atoms with Crippen molar-refractivity contribution in [2.75, 3.05) is 12.4 Å². The van der Waals surface area contributed by atoms with Gasteiger partial charge in [-0.05, 0) is 88.7 Å². The molecule has 0 saturated carbocycles. The molecular weight excluding hydrogens is 745 g/mol. The van der Waals surface area contributed by atoms with E-state index in [0.29, 0.717) is 36.5 Å². The predicted molar refractivity (Wildman–Crippen MR) is 168 cm³/mol. The Hall–Kier alpha value is -3.51. The van der Waals surface area contributed by atoms with Crippen LogP contribution in [0.25, 0.3) is 0 Å². The third-order valence-corrected chi connectivity index (χ3v) is 7.28. The molecule has 12 heteroatoms. The van der Waals surface area contributed by atoms with E-state index in [2.05, 4.69) is 63.6 Å². The number of anilines is 1. The first-order valence-electron chi connectivity index (χ1n) is 11.7. The fourth-order valence-corrected chi connectivity index (χ4v) is 5.32. The summed E-state index contributed by atoms with van der Waals surface area (Å²) >= 11 is 16.2. The summed E-state index contributed by atoms with van der Waals surface area (Å²) in [5, 5.41) is 7.16. The minimum Gasteiger partial charge on any atom is -0.496 e. The van der Waals surface area contributed by atoms with Crippen molar-refractivity contribution in [1.29, 1.82) is 0 Å². The first kappa shape index (κ1) is 30.4. The van der Waals surface area contributed by atoms with Crippen molar-refractivity contribution >= 4 is 89.1 Å². The standard InChI is InChI=1S/C29H19Br3ClN3O5/c1-40-25-10-9-21(33)14-23(25)28(38)35-22-4-2-3-17(12-22)27(37)36-34-15-18-11-20(31)13-24(32)26(18)41-29(39)16-5-7-19(30)8-6-16/h2-15H,1H3,(H,35,38)(H,36,37). The number of halogens is 4. The quantitative estimate of drug-likeness (QED) is 0.0823. The largest absolute Gasteiger partial charge is 0.496 e. The van der Waals surface area contributed by atoms with E-state index in [9.17, 15) is 14.4 Å². The lowest BCUT2D eigenvalue weighted by molar-refractivity contribution is 0.0732. The van der Waals surface area contributed by atoms with Gasteiger partial charge in [0, 0.05) is 30.8 Å². The number of carbonyl (C=O) groups excluding carboxylic acids is 3. The number of benzene rings is 4. The average molecular weight is 765 g/mol. The predicted octanol–water partition coefficient (Wildman–Crippen LogP) is 7.87. The summed E-state index contributed by atoms with van der Waals surface area (Å²) in [5.41, 5.74) is 4.11. The van der Waals surface area contributed by atoms with Gasteiger partial charge in [-0.25, -0.2) is 10.2 Å². The van der Waals surface area contributed by atoms with E-state index < -0.39 is 17.8 Å². The van der Waals surface area contributed by atoms with Crippen LogP contribution in [0.2, 0.25) is 5.02 Å².